The highest BCUT2D eigenvalue weighted by molar-refractivity contribution is 7.93. The van der Waals surface area contributed by atoms with E-state index in [1.54, 1.807) is 36.4 Å². The fourth-order valence-corrected chi connectivity index (χ4v) is 9.26. The summed E-state index contributed by atoms with van der Waals surface area (Å²) in [6, 6.07) is 15.8. The molecule has 192 valence electrons. The maximum absolute atomic E-state index is 13.7. The Hall–Kier alpha value is -1.81. The number of hydrogen-bond acceptors (Lipinski definition) is 6. The molecule has 3 atom stereocenters. The standard InChI is InChI=1S/C26H36O6S2Si/c1-26(2,3)35(4,5)32-18-20-16-17-24(27)25(34(30,31)22-14-10-7-11-15-22)23(20)19-33(28,29)21-12-8-6-9-13-21/h6-15,20,23,25H,16-19H2,1-5H3/t20-,23-,25?/m0/s1. The summed E-state index contributed by atoms with van der Waals surface area (Å²) in [4.78, 5) is 13.3. The average Bonchev–Trinajstić information content (AvgIpc) is 2.78. The summed E-state index contributed by atoms with van der Waals surface area (Å²) in [5, 5.41) is -1.48. The van der Waals surface area contributed by atoms with Gasteiger partial charge in [0.2, 0.25) is 0 Å². The van der Waals surface area contributed by atoms with E-state index >= 15 is 0 Å². The first-order valence-corrected chi connectivity index (χ1v) is 18.0. The largest absolute Gasteiger partial charge is 0.417 e. The molecule has 1 unspecified atom stereocenters. The zero-order valence-electron chi connectivity index (χ0n) is 21.1. The lowest BCUT2D eigenvalue weighted by atomic mass is 9.79. The zero-order valence-corrected chi connectivity index (χ0v) is 23.7. The van der Waals surface area contributed by atoms with Gasteiger partial charge in [0.25, 0.3) is 0 Å². The van der Waals surface area contributed by atoms with E-state index in [1.165, 1.54) is 24.3 Å². The van der Waals surface area contributed by atoms with Crippen LogP contribution in [0.2, 0.25) is 18.1 Å². The van der Waals surface area contributed by atoms with Crippen LogP contribution in [0.25, 0.3) is 0 Å². The lowest BCUT2D eigenvalue weighted by molar-refractivity contribution is -0.122. The molecule has 2 aromatic rings. The Balaban J connectivity index is 2.04. The molecule has 0 N–H and O–H groups in total. The molecule has 0 bridgehead atoms. The number of carbonyl (C=O) groups is 1. The summed E-state index contributed by atoms with van der Waals surface area (Å²) in [5.74, 6) is -2.13. The Morgan fingerprint density at radius 1 is 0.886 bits per heavy atom. The van der Waals surface area contributed by atoms with Gasteiger partial charge < -0.3 is 4.43 Å². The van der Waals surface area contributed by atoms with Crippen molar-refractivity contribution in [1.82, 2.24) is 0 Å². The van der Waals surface area contributed by atoms with Crippen LogP contribution in [0, 0.1) is 11.8 Å². The molecule has 0 aromatic heterocycles. The van der Waals surface area contributed by atoms with Crippen LogP contribution in [0.4, 0.5) is 0 Å². The molecule has 1 fully saturated rings. The lowest BCUT2D eigenvalue weighted by Gasteiger charge is -2.41. The number of Topliss-reactive ketones (excluding diaryl/α,β-unsaturated/α-hetero) is 1. The lowest BCUT2D eigenvalue weighted by Crippen LogP contribution is -2.50. The average molecular weight is 537 g/mol. The summed E-state index contributed by atoms with van der Waals surface area (Å²) < 4.78 is 60.6. The van der Waals surface area contributed by atoms with Crippen molar-refractivity contribution in [2.75, 3.05) is 12.4 Å². The van der Waals surface area contributed by atoms with Crippen molar-refractivity contribution < 1.29 is 26.1 Å². The molecular weight excluding hydrogens is 501 g/mol. The van der Waals surface area contributed by atoms with Gasteiger partial charge >= 0.3 is 0 Å². The van der Waals surface area contributed by atoms with Gasteiger partial charge in [0.15, 0.2) is 33.8 Å². The minimum atomic E-state index is -4.09. The van der Waals surface area contributed by atoms with Gasteiger partial charge in [-0.25, -0.2) is 16.8 Å². The summed E-state index contributed by atoms with van der Waals surface area (Å²) in [5.41, 5.74) is 0. The SMILES string of the molecule is CC(C)(C)[Si](C)(C)OC[C@@H]1CCC(=O)C(S(=O)(=O)c2ccccc2)[C@H]1CS(=O)(=O)c1ccccc1. The van der Waals surface area contributed by atoms with Gasteiger partial charge in [0, 0.05) is 18.9 Å². The van der Waals surface area contributed by atoms with Gasteiger partial charge in [-0.3, -0.25) is 4.79 Å². The maximum Gasteiger partial charge on any atom is 0.191 e. The van der Waals surface area contributed by atoms with E-state index in [0.29, 0.717) is 6.42 Å². The predicted molar refractivity (Wildman–Crippen MR) is 140 cm³/mol. The van der Waals surface area contributed by atoms with Crippen LogP contribution in [-0.2, 0) is 28.9 Å². The van der Waals surface area contributed by atoms with E-state index in [2.05, 4.69) is 33.9 Å². The number of hydrogen-bond donors (Lipinski definition) is 0. The molecule has 1 saturated carbocycles. The van der Waals surface area contributed by atoms with Crippen molar-refractivity contribution in [3.63, 3.8) is 0 Å². The van der Waals surface area contributed by atoms with Gasteiger partial charge in [-0.15, -0.1) is 0 Å². The van der Waals surface area contributed by atoms with Gasteiger partial charge in [-0.05, 0) is 54.7 Å². The van der Waals surface area contributed by atoms with Crippen LogP contribution in [-0.4, -0.2) is 48.5 Å². The quantitative estimate of drug-likeness (QED) is 0.445. The summed E-state index contributed by atoms with van der Waals surface area (Å²) in [7, 11) is -10.1. The molecule has 9 heteroatoms. The number of benzene rings is 2. The van der Waals surface area contributed by atoms with E-state index < -0.39 is 50.7 Å². The molecule has 2 aromatic carbocycles. The third kappa shape index (κ3) is 6.13. The van der Waals surface area contributed by atoms with Gasteiger partial charge in [0.1, 0.15) is 5.25 Å². The topological polar surface area (TPSA) is 94.6 Å². The molecule has 0 heterocycles. The minimum Gasteiger partial charge on any atom is -0.417 e. The van der Waals surface area contributed by atoms with E-state index in [-0.39, 0.29) is 33.8 Å². The van der Waals surface area contributed by atoms with Crippen molar-refractivity contribution in [3.8, 4) is 0 Å². The first-order chi connectivity index (χ1) is 16.2. The van der Waals surface area contributed by atoms with Crippen molar-refractivity contribution >= 4 is 33.8 Å². The molecule has 0 amide bonds. The van der Waals surface area contributed by atoms with E-state index in [1.807, 2.05) is 0 Å². The Kier molecular flexibility index (Phi) is 8.16. The molecule has 0 saturated heterocycles. The first kappa shape index (κ1) is 27.8. The molecule has 1 aliphatic carbocycles. The second-order valence-corrected chi connectivity index (χ2v) is 19.8. The zero-order chi connectivity index (χ0) is 26.1. The molecule has 1 aliphatic rings. The number of carbonyl (C=O) groups excluding carboxylic acids is 1. The third-order valence-electron chi connectivity index (χ3n) is 7.46. The Labute approximate surface area is 211 Å². The number of sulfone groups is 2. The summed E-state index contributed by atoms with van der Waals surface area (Å²) in [6.07, 6.45) is 0.493. The van der Waals surface area contributed by atoms with E-state index in [0.717, 1.165) is 0 Å². The summed E-state index contributed by atoms with van der Waals surface area (Å²) in [6.45, 7) is 10.8. The highest BCUT2D eigenvalue weighted by atomic mass is 32.2. The fraction of sp³-hybridized carbons (Fsp3) is 0.500. The monoisotopic (exact) mass is 536 g/mol. The molecule has 35 heavy (non-hydrogen) atoms. The van der Waals surface area contributed by atoms with Crippen LogP contribution < -0.4 is 0 Å². The van der Waals surface area contributed by atoms with Crippen molar-refractivity contribution in [2.45, 2.75) is 66.8 Å². The first-order valence-electron chi connectivity index (χ1n) is 11.9. The van der Waals surface area contributed by atoms with Crippen molar-refractivity contribution in [1.29, 1.82) is 0 Å². The van der Waals surface area contributed by atoms with Crippen LogP contribution >= 0.6 is 0 Å². The van der Waals surface area contributed by atoms with E-state index in [4.69, 9.17) is 4.43 Å². The van der Waals surface area contributed by atoms with Crippen molar-refractivity contribution in [3.05, 3.63) is 60.7 Å². The smallest absolute Gasteiger partial charge is 0.191 e. The number of ketones is 1. The van der Waals surface area contributed by atoms with Gasteiger partial charge in [-0.1, -0.05) is 57.2 Å². The second kappa shape index (κ2) is 10.3. The number of rotatable bonds is 8. The minimum absolute atomic E-state index is 0.0337. The molecule has 0 aliphatic heterocycles. The van der Waals surface area contributed by atoms with Crippen LogP contribution in [0.15, 0.2) is 70.5 Å². The Morgan fingerprint density at radius 2 is 1.40 bits per heavy atom. The van der Waals surface area contributed by atoms with Crippen LogP contribution in [0.3, 0.4) is 0 Å². The highest BCUT2D eigenvalue weighted by Gasteiger charge is 2.49. The van der Waals surface area contributed by atoms with Crippen molar-refractivity contribution in [2.24, 2.45) is 11.8 Å². The third-order valence-corrected chi connectivity index (χ3v) is 16.0. The molecule has 0 spiro atoms. The maximum atomic E-state index is 13.7. The van der Waals surface area contributed by atoms with Gasteiger partial charge in [-0.2, -0.15) is 0 Å². The predicted octanol–water partition coefficient (Wildman–Crippen LogP) is 4.92. The Bertz CT molecular complexity index is 1230. The fourth-order valence-electron chi connectivity index (χ4n) is 4.27. The van der Waals surface area contributed by atoms with Crippen LogP contribution in [0.5, 0.6) is 0 Å². The molecular formula is C26H36O6S2Si. The second-order valence-electron chi connectivity index (χ2n) is 10.9. The van der Waals surface area contributed by atoms with Crippen LogP contribution in [0.1, 0.15) is 33.6 Å². The normalized spacial score (nSPS) is 22.2. The summed E-state index contributed by atoms with van der Waals surface area (Å²) >= 11 is 0. The molecule has 0 radical (unpaired) electrons. The highest BCUT2D eigenvalue weighted by Crippen LogP contribution is 2.41. The molecule has 6 nitrogen and oxygen atoms in total. The molecule has 3 rings (SSSR count). The van der Waals surface area contributed by atoms with Gasteiger partial charge in [0.05, 0.1) is 15.5 Å². The Morgan fingerprint density at radius 3 is 1.91 bits per heavy atom. The van der Waals surface area contributed by atoms with E-state index in [9.17, 15) is 21.6 Å².